The van der Waals surface area contributed by atoms with Crippen LogP contribution in [-0.4, -0.2) is 28.2 Å². The number of carbonyl (C=O) groups is 3. The summed E-state index contributed by atoms with van der Waals surface area (Å²) in [6.45, 7) is 0.656. The Morgan fingerprint density at radius 1 is 1.00 bits per heavy atom. The Kier molecular flexibility index (Phi) is 4.66. The lowest BCUT2D eigenvalue weighted by atomic mass is 9.88. The van der Waals surface area contributed by atoms with E-state index in [1.54, 1.807) is 0 Å². The standard InChI is InChI=1S/C24H23ClN2O3/c25-22-17(2-1-3-18(22)19-8-9-20(28)26-23(19)30)16-6-4-15(5-7-16)14-27-21(29)10-11-24(27)12-13-24/h1-7,19H,8-14H2,(H,26,28,30). The van der Waals surface area contributed by atoms with Gasteiger partial charge in [0.05, 0.1) is 10.9 Å². The van der Waals surface area contributed by atoms with E-state index in [4.69, 9.17) is 11.6 Å². The van der Waals surface area contributed by atoms with E-state index in [0.29, 0.717) is 30.8 Å². The lowest BCUT2D eigenvalue weighted by Gasteiger charge is -2.25. The summed E-state index contributed by atoms with van der Waals surface area (Å²) in [5.74, 6) is -0.671. The number of rotatable bonds is 4. The van der Waals surface area contributed by atoms with Gasteiger partial charge in [-0.3, -0.25) is 19.7 Å². The minimum absolute atomic E-state index is 0.134. The number of imide groups is 1. The normalized spacial score (nSPS) is 22.5. The Bertz CT molecular complexity index is 1040. The number of hydrogen-bond acceptors (Lipinski definition) is 3. The highest BCUT2D eigenvalue weighted by Gasteiger charge is 2.53. The maximum absolute atomic E-state index is 12.3. The van der Waals surface area contributed by atoms with Crippen molar-refractivity contribution in [1.29, 1.82) is 0 Å². The summed E-state index contributed by atoms with van der Waals surface area (Å²) in [6.07, 6.45) is 4.70. The molecule has 5 nitrogen and oxygen atoms in total. The highest BCUT2D eigenvalue weighted by molar-refractivity contribution is 6.34. The third-order valence-corrected chi connectivity index (χ3v) is 7.18. The molecule has 0 bridgehead atoms. The second-order valence-electron chi connectivity index (χ2n) is 8.61. The van der Waals surface area contributed by atoms with Crippen LogP contribution in [-0.2, 0) is 20.9 Å². The molecular formula is C24H23ClN2O3. The first kappa shape index (κ1) is 19.3. The van der Waals surface area contributed by atoms with Gasteiger partial charge in [0.1, 0.15) is 0 Å². The molecule has 1 atom stereocenters. The van der Waals surface area contributed by atoms with Crippen LogP contribution in [0.2, 0.25) is 5.02 Å². The summed E-state index contributed by atoms with van der Waals surface area (Å²) in [5, 5.41) is 2.95. The van der Waals surface area contributed by atoms with Gasteiger partial charge in [0.2, 0.25) is 17.7 Å². The first-order valence-electron chi connectivity index (χ1n) is 10.5. The van der Waals surface area contributed by atoms with Gasteiger partial charge >= 0.3 is 0 Å². The van der Waals surface area contributed by atoms with Gasteiger partial charge in [0.25, 0.3) is 0 Å². The van der Waals surface area contributed by atoms with Crippen LogP contribution in [0.4, 0.5) is 0 Å². The van der Waals surface area contributed by atoms with Crippen LogP contribution in [0, 0.1) is 0 Å². The first-order valence-corrected chi connectivity index (χ1v) is 10.9. The Hall–Kier alpha value is -2.66. The van der Waals surface area contributed by atoms with Crippen LogP contribution < -0.4 is 5.32 Å². The molecule has 0 radical (unpaired) electrons. The van der Waals surface area contributed by atoms with Crippen molar-refractivity contribution in [3.63, 3.8) is 0 Å². The average Bonchev–Trinajstić information content (AvgIpc) is 3.46. The fraction of sp³-hybridized carbons (Fsp3) is 0.375. The van der Waals surface area contributed by atoms with Gasteiger partial charge in [-0.25, -0.2) is 0 Å². The largest absolute Gasteiger partial charge is 0.333 e. The van der Waals surface area contributed by atoms with Crippen LogP contribution in [0.1, 0.15) is 55.6 Å². The molecule has 3 fully saturated rings. The van der Waals surface area contributed by atoms with E-state index in [1.165, 1.54) is 0 Å². The molecule has 6 heteroatoms. The Balaban J connectivity index is 1.38. The third kappa shape index (κ3) is 3.31. The second-order valence-corrected chi connectivity index (χ2v) is 8.99. The van der Waals surface area contributed by atoms with Crippen molar-refractivity contribution in [3.05, 3.63) is 58.6 Å². The molecule has 0 aromatic heterocycles. The minimum atomic E-state index is -0.412. The van der Waals surface area contributed by atoms with E-state index >= 15 is 0 Å². The molecular weight excluding hydrogens is 400 g/mol. The van der Waals surface area contributed by atoms with E-state index < -0.39 is 5.92 Å². The minimum Gasteiger partial charge on any atom is -0.333 e. The molecule has 3 amide bonds. The first-order chi connectivity index (χ1) is 14.5. The zero-order valence-electron chi connectivity index (χ0n) is 16.6. The van der Waals surface area contributed by atoms with Gasteiger partial charge in [-0.1, -0.05) is 54.1 Å². The molecule has 2 aromatic rings. The molecule has 5 rings (SSSR count). The van der Waals surface area contributed by atoms with E-state index in [1.807, 2.05) is 42.5 Å². The lowest BCUT2D eigenvalue weighted by Crippen LogP contribution is -2.39. The summed E-state index contributed by atoms with van der Waals surface area (Å²) in [4.78, 5) is 38.0. The molecule has 2 aromatic carbocycles. The van der Waals surface area contributed by atoms with Gasteiger partial charge in [0.15, 0.2) is 0 Å². The summed E-state index contributed by atoms with van der Waals surface area (Å²) in [7, 11) is 0. The van der Waals surface area contributed by atoms with E-state index in [0.717, 1.165) is 41.5 Å². The number of benzene rings is 2. The highest BCUT2D eigenvalue weighted by atomic mass is 35.5. The van der Waals surface area contributed by atoms with Crippen molar-refractivity contribution < 1.29 is 14.4 Å². The number of hydrogen-bond donors (Lipinski definition) is 1. The van der Waals surface area contributed by atoms with Crippen molar-refractivity contribution >= 4 is 29.3 Å². The number of likely N-dealkylation sites (tertiary alicyclic amines) is 1. The maximum atomic E-state index is 12.3. The van der Waals surface area contributed by atoms with Crippen molar-refractivity contribution in [2.75, 3.05) is 0 Å². The third-order valence-electron chi connectivity index (χ3n) is 6.75. The van der Waals surface area contributed by atoms with Crippen LogP contribution in [0.25, 0.3) is 11.1 Å². The molecule has 3 aliphatic rings. The van der Waals surface area contributed by atoms with Crippen molar-refractivity contribution in [2.45, 2.75) is 56.5 Å². The van der Waals surface area contributed by atoms with Gasteiger partial charge in [-0.15, -0.1) is 0 Å². The molecule has 30 heavy (non-hydrogen) atoms. The summed E-state index contributed by atoms with van der Waals surface area (Å²) >= 11 is 6.70. The van der Waals surface area contributed by atoms with Crippen molar-refractivity contribution in [3.8, 4) is 11.1 Å². The maximum Gasteiger partial charge on any atom is 0.234 e. The fourth-order valence-electron chi connectivity index (χ4n) is 4.80. The van der Waals surface area contributed by atoms with E-state index in [2.05, 4.69) is 10.2 Å². The molecule has 2 heterocycles. The van der Waals surface area contributed by atoms with Gasteiger partial charge in [-0.2, -0.15) is 0 Å². The monoisotopic (exact) mass is 422 g/mol. The van der Waals surface area contributed by atoms with Gasteiger partial charge in [0, 0.05) is 30.5 Å². The molecule has 1 saturated carbocycles. The molecule has 2 aliphatic heterocycles. The summed E-state index contributed by atoms with van der Waals surface area (Å²) in [5.41, 5.74) is 3.82. The zero-order chi connectivity index (χ0) is 20.9. The molecule has 1 unspecified atom stereocenters. The smallest absolute Gasteiger partial charge is 0.234 e. The van der Waals surface area contributed by atoms with Crippen LogP contribution in [0.5, 0.6) is 0 Å². The zero-order valence-corrected chi connectivity index (χ0v) is 17.4. The highest BCUT2D eigenvalue weighted by Crippen LogP contribution is 2.50. The quantitative estimate of drug-likeness (QED) is 0.751. The number of nitrogens with one attached hydrogen (secondary N) is 1. The predicted molar refractivity (Wildman–Crippen MR) is 114 cm³/mol. The number of amides is 3. The fourth-order valence-corrected chi connectivity index (χ4v) is 5.17. The van der Waals surface area contributed by atoms with Crippen LogP contribution in [0.15, 0.2) is 42.5 Å². The van der Waals surface area contributed by atoms with Crippen molar-refractivity contribution in [2.24, 2.45) is 0 Å². The summed E-state index contributed by atoms with van der Waals surface area (Å²) < 4.78 is 0. The molecule has 1 aliphatic carbocycles. The Morgan fingerprint density at radius 2 is 1.77 bits per heavy atom. The van der Waals surface area contributed by atoms with E-state index in [9.17, 15) is 14.4 Å². The molecule has 1 N–H and O–H groups in total. The summed E-state index contributed by atoms with van der Waals surface area (Å²) in [6, 6.07) is 13.8. The Labute approximate surface area is 180 Å². The predicted octanol–water partition coefficient (Wildman–Crippen LogP) is 4.18. The van der Waals surface area contributed by atoms with Gasteiger partial charge in [-0.05, 0) is 42.4 Å². The molecule has 2 saturated heterocycles. The average molecular weight is 423 g/mol. The van der Waals surface area contributed by atoms with Crippen molar-refractivity contribution in [1.82, 2.24) is 10.2 Å². The SMILES string of the molecule is O=C1CCC(c2cccc(-c3ccc(CN4C(=O)CCC45CC5)cc3)c2Cl)C(=O)N1. The number of piperidine rings is 1. The second kappa shape index (κ2) is 7.24. The van der Waals surface area contributed by atoms with E-state index in [-0.39, 0.29) is 23.3 Å². The number of halogens is 1. The van der Waals surface area contributed by atoms with Crippen LogP contribution in [0.3, 0.4) is 0 Å². The lowest BCUT2D eigenvalue weighted by molar-refractivity contribution is -0.134. The Morgan fingerprint density at radius 3 is 2.47 bits per heavy atom. The topological polar surface area (TPSA) is 66.5 Å². The van der Waals surface area contributed by atoms with Gasteiger partial charge < -0.3 is 4.90 Å². The molecule has 1 spiro atoms. The van der Waals surface area contributed by atoms with Crippen LogP contribution >= 0.6 is 11.6 Å². The molecule has 154 valence electrons. The number of carbonyl (C=O) groups excluding carboxylic acids is 3. The number of nitrogens with zero attached hydrogens (tertiary/aromatic N) is 1.